The molecule has 0 radical (unpaired) electrons. The summed E-state index contributed by atoms with van der Waals surface area (Å²) in [5.41, 5.74) is 3.44. The van der Waals surface area contributed by atoms with E-state index in [0.717, 1.165) is 22.6 Å². The number of benzene rings is 2. The molecule has 150 valence electrons. The van der Waals surface area contributed by atoms with E-state index in [1.165, 1.54) is 16.9 Å². The number of likely N-dealkylation sites (N-methyl/N-ethyl adjacent to an activating group) is 1. The second-order valence-corrected chi connectivity index (χ2v) is 7.61. The third kappa shape index (κ3) is 5.09. The maximum Gasteiger partial charge on any atom is 0.358 e. The number of aromatic nitrogens is 1. The minimum absolute atomic E-state index is 0.112. The van der Waals surface area contributed by atoms with Crippen LogP contribution in [0.25, 0.3) is 10.6 Å². The Morgan fingerprint density at radius 1 is 1.10 bits per heavy atom. The standard InChI is InChI=1S/C23H24N2O3S/c1-4-17-10-12-19(13-11-17)22-24-20(15-29-22)23(27)28-14-21(26)25(3)16(2)18-8-6-5-7-9-18/h5-13,15-16H,4,14H2,1-3H3/t16-/m0/s1. The van der Waals surface area contributed by atoms with Gasteiger partial charge < -0.3 is 9.64 Å². The predicted molar refractivity (Wildman–Crippen MR) is 115 cm³/mol. The molecule has 5 nitrogen and oxygen atoms in total. The molecule has 29 heavy (non-hydrogen) atoms. The predicted octanol–water partition coefficient (Wildman–Crippen LogP) is 4.75. The topological polar surface area (TPSA) is 59.5 Å². The van der Waals surface area contributed by atoms with Crippen LogP contribution in [0.2, 0.25) is 0 Å². The highest BCUT2D eigenvalue weighted by Crippen LogP contribution is 2.24. The van der Waals surface area contributed by atoms with Gasteiger partial charge in [-0.2, -0.15) is 0 Å². The molecule has 0 N–H and O–H groups in total. The lowest BCUT2D eigenvalue weighted by atomic mass is 10.1. The molecule has 0 unspecified atom stereocenters. The molecule has 0 saturated heterocycles. The summed E-state index contributed by atoms with van der Waals surface area (Å²) in [5, 5.41) is 2.41. The molecule has 6 heteroatoms. The van der Waals surface area contributed by atoms with Crippen LogP contribution in [0.1, 0.15) is 41.5 Å². The van der Waals surface area contributed by atoms with Crippen LogP contribution in [0.4, 0.5) is 0 Å². The molecule has 0 aliphatic heterocycles. The van der Waals surface area contributed by atoms with E-state index in [9.17, 15) is 9.59 Å². The second kappa shape index (κ2) is 9.47. The summed E-state index contributed by atoms with van der Waals surface area (Å²) in [6.07, 6.45) is 0.973. The van der Waals surface area contributed by atoms with E-state index >= 15 is 0 Å². The Hall–Kier alpha value is -2.99. The maximum absolute atomic E-state index is 12.4. The van der Waals surface area contributed by atoms with Gasteiger partial charge in [-0.05, 0) is 24.5 Å². The summed E-state index contributed by atoms with van der Waals surface area (Å²) >= 11 is 1.38. The van der Waals surface area contributed by atoms with Crippen LogP contribution in [-0.4, -0.2) is 35.4 Å². The Bertz CT molecular complexity index is 967. The van der Waals surface area contributed by atoms with Crippen LogP contribution in [0.5, 0.6) is 0 Å². The van der Waals surface area contributed by atoms with Crippen LogP contribution >= 0.6 is 11.3 Å². The fourth-order valence-corrected chi connectivity index (χ4v) is 3.65. The fraction of sp³-hybridized carbons (Fsp3) is 0.261. The monoisotopic (exact) mass is 408 g/mol. The smallest absolute Gasteiger partial charge is 0.358 e. The highest BCUT2D eigenvalue weighted by atomic mass is 32.1. The number of hydrogen-bond acceptors (Lipinski definition) is 5. The Balaban J connectivity index is 1.57. The number of amides is 1. The molecule has 1 amide bonds. The molecule has 0 bridgehead atoms. The Morgan fingerprint density at radius 3 is 2.45 bits per heavy atom. The molecular formula is C23H24N2O3S. The first-order valence-electron chi connectivity index (χ1n) is 9.52. The van der Waals surface area contributed by atoms with Gasteiger partial charge in [0.1, 0.15) is 5.01 Å². The second-order valence-electron chi connectivity index (χ2n) is 6.76. The van der Waals surface area contributed by atoms with Crippen LogP contribution in [0.3, 0.4) is 0 Å². The third-order valence-corrected chi connectivity index (χ3v) is 5.80. The van der Waals surface area contributed by atoms with E-state index in [1.807, 2.05) is 49.4 Å². The van der Waals surface area contributed by atoms with E-state index in [4.69, 9.17) is 4.74 Å². The molecule has 3 rings (SSSR count). The molecular weight excluding hydrogens is 384 g/mol. The Labute approximate surface area is 175 Å². The largest absolute Gasteiger partial charge is 0.451 e. The minimum Gasteiger partial charge on any atom is -0.451 e. The number of esters is 1. The summed E-state index contributed by atoms with van der Waals surface area (Å²) in [6.45, 7) is 3.72. The van der Waals surface area contributed by atoms with Gasteiger partial charge >= 0.3 is 5.97 Å². The molecule has 1 heterocycles. The van der Waals surface area contributed by atoms with Crippen molar-refractivity contribution in [2.45, 2.75) is 26.3 Å². The van der Waals surface area contributed by atoms with Gasteiger partial charge in [0.2, 0.25) is 0 Å². The zero-order valence-electron chi connectivity index (χ0n) is 16.8. The van der Waals surface area contributed by atoms with Gasteiger partial charge in [-0.1, -0.05) is 61.5 Å². The van der Waals surface area contributed by atoms with Crippen molar-refractivity contribution >= 4 is 23.2 Å². The van der Waals surface area contributed by atoms with Crippen molar-refractivity contribution < 1.29 is 14.3 Å². The molecule has 0 aliphatic rings. The molecule has 0 saturated carbocycles. The Morgan fingerprint density at radius 2 is 1.79 bits per heavy atom. The Kier molecular flexibility index (Phi) is 6.77. The van der Waals surface area contributed by atoms with E-state index in [1.54, 1.807) is 17.3 Å². The van der Waals surface area contributed by atoms with Crippen molar-refractivity contribution in [1.82, 2.24) is 9.88 Å². The number of carbonyl (C=O) groups is 2. The molecule has 0 fully saturated rings. The lowest BCUT2D eigenvalue weighted by Crippen LogP contribution is -2.33. The lowest BCUT2D eigenvalue weighted by Gasteiger charge is -2.25. The number of carbonyl (C=O) groups excluding carboxylic acids is 2. The number of rotatable bonds is 7. The average molecular weight is 409 g/mol. The first-order chi connectivity index (χ1) is 14.0. The molecule has 2 aromatic carbocycles. The van der Waals surface area contributed by atoms with Gasteiger partial charge in [-0.15, -0.1) is 11.3 Å². The van der Waals surface area contributed by atoms with Gasteiger partial charge in [0.05, 0.1) is 6.04 Å². The summed E-state index contributed by atoms with van der Waals surface area (Å²) in [7, 11) is 1.70. The van der Waals surface area contributed by atoms with Gasteiger partial charge in [0.25, 0.3) is 5.91 Å². The first kappa shape index (κ1) is 20.7. The summed E-state index contributed by atoms with van der Waals surface area (Å²) in [4.78, 5) is 30.7. The average Bonchev–Trinajstić information content (AvgIpc) is 3.27. The van der Waals surface area contributed by atoms with Crippen molar-refractivity contribution in [3.63, 3.8) is 0 Å². The highest BCUT2D eigenvalue weighted by molar-refractivity contribution is 7.13. The molecule has 1 aromatic heterocycles. The van der Waals surface area contributed by atoms with Gasteiger partial charge in [0.15, 0.2) is 12.3 Å². The van der Waals surface area contributed by atoms with Gasteiger partial charge in [-0.25, -0.2) is 9.78 Å². The summed E-state index contributed by atoms with van der Waals surface area (Å²) in [5.74, 6) is -0.855. The zero-order valence-corrected chi connectivity index (χ0v) is 17.6. The van der Waals surface area contributed by atoms with Crippen molar-refractivity contribution in [2.24, 2.45) is 0 Å². The van der Waals surface area contributed by atoms with E-state index in [2.05, 4.69) is 24.0 Å². The van der Waals surface area contributed by atoms with Crippen LogP contribution < -0.4 is 0 Å². The first-order valence-corrected chi connectivity index (χ1v) is 10.4. The number of ether oxygens (including phenoxy) is 1. The number of hydrogen-bond donors (Lipinski definition) is 0. The van der Waals surface area contributed by atoms with Crippen molar-refractivity contribution in [1.29, 1.82) is 0 Å². The maximum atomic E-state index is 12.4. The summed E-state index contributed by atoms with van der Waals surface area (Å²) in [6, 6.07) is 17.7. The number of aryl methyl sites for hydroxylation is 1. The van der Waals surface area contributed by atoms with E-state index in [-0.39, 0.29) is 24.2 Å². The fourth-order valence-electron chi connectivity index (χ4n) is 2.86. The zero-order chi connectivity index (χ0) is 20.8. The lowest BCUT2D eigenvalue weighted by molar-refractivity contribution is -0.135. The molecule has 1 atom stereocenters. The van der Waals surface area contributed by atoms with Gasteiger partial charge in [0, 0.05) is 18.0 Å². The van der Waals surface area contributed by atoms with Crippen LogP contribution in [0.15, 0.2) is 60.0 Å². The van der Waals surface area contributed by atoms with Crippen LogP contribution in [-0.2, 0) is 16.0 Å². The van der Waals surface area contributed by atoms with Crippen molar-refractivity contribution in [2.75, 3.05) is 13.7 Å². The number of thiazole rings is 1. The van der Waals surface area contributed by atoms with Gasteiger partial charge in [-0.3, -0.25) is 4.79 Å². The molecule has 0 aliphatic carbocycles. The molecule has 3 aromatic rings. The van der Waals surface area contributed by atoms with Crippen LogP contribution in [0, 0.1) is 0 Å². The van der Waals surface area contributed by atoms with E-state index < -0.39 is 5.97 Å². The normalized spacial score (nSPS) is 11.7. The quantitative estimate of drug-likeness (QED) is 0.530. The van der Waals surface area contributed by atoms with Crippen molar-refractivity contribution in [3.05, 3.63) is 76.8 Å². The SMILES string of the molecule is CCc1ccc(-c2nc(C(=O)OCC(=O)N(C)[C@@H](C)c3ccccc3)cs2)cc1. The number of nitrogens with zero attached hydrogens (tertiary/aromatic N) is 2. The van der Waals surface area contributed by atoms with E-state index in [0.29, 0.717) is 0 Å². The third-order valence-electron chi connectivity index (χ3n) is 4.91. The molecule has 0 spiro atoms. The van der Waals surface area contributed by atoms with Crippen molar-refractivity contribution in [3.8, 4) is 10.6 Å². The highest BCUT2D eigenvalue weighted by Gasteiger charge is 2.20. The summed E-state index contributed by atoms with van der Waals surface area (Å²) < 4.78 is 5.20. The minimum atomic E-state index is -0.591.